The molecule has 1 aliphatic heterocycles. The average molecular weight is 516 g/mol. The minimum absolute atomic E-state index is 0.00435. The van der Waals surface area contributed by atoms with Gasteiger partial charge in [0.05, 0.1) is 32.9 Å². The maximum Gasteiger partial charge on any atom is 0.234 e. The van der Waals surface area contributed by atoms with E-state index in [2.05, 4.69) is 51.5 Å². The van der Waals surface area contributed by atoms with Gasteiger partial charge in [-0.3, -0.25) is 9.69 Å². The van der Waals surface area contributed by atoms with Crippen LogP contribution in [0.3, 0.4) is 0 Å². The lowest BCUT2D eigenvalue weighted by molar-refractivity contribution is -0.124. The number of aliphatic hydroxyl groups excluding tert-OH is 1. The first kappa shape index (κ1) is 26.1. The molecule has 7 heteroatoms. The predicted molar refractivity (Wildman–Crippen MR) is 149 cm³/mol. The molecule has 1 aliphatic carbocycles. The Morgan fingerprint density at radius 2 is 1.71 bits per heavy atom. The van der Waals surface area contributed by atoms with Crippen LogP contribution in [-0.2, 0) is 24.1 Å². The number of carbonyl (C=O) groups is 1. The number of ether oxygens (including phenoxy) is 2. The molecule has 3 aromatic carbocycles. The number of aliphatic hydroxyl groups is 1. The number of methoxy groups -OCH3 is 2. The van der Waals surface area contributed by atoms with Crippen LogP contribution in [0.1, 0.15) is 39.9 Å². The molecule has 0 fully saturated rings. The van der Waals surface area contributed by atoms with Gasteiger partial charge in [-0.25, -0.2) is 0 Å². The fourth-order valence-corrected chi connectivity index (χ4v) is 5.81. The van der Waals surface area contributed by atoms with Crippen molar-refractivity contribution in [3.8, 4) is 11.5 Å². The zero-order valence-corrected chi connectivity index (χ0v) is 22.6. The fourth-order valence-electron chi connectivity index (χ4n) is 5.81. The van der Waals surface area contributed by atoms with Gasteiger partial charge in [0, 0.05) is 38.8 Å². The third-order valence-electron chi connectivity index (χ3n) is 7.86. The summed E-state index contributed by atoms with van der Waals surface area (Å²) in [5.41, 5.74) is 6.83. The van der Waals surface area contributed by atoms with E-state index in [9.17, 15) is 9.90 Å². The Labute approximate surface area is 225 Å². The van der Waals surface area contributed by atoms with Crippen LogP contribution >= 0.6 is 0 Å². The van der Waals surface area contributed by atoms with Crippen LogP contribution in [0, 0.1) is 0 Å². The molecule has 1 amide bonds. The Bertz CT molecular complexity index is 1290. The van der Waals surface area contributed by atoms with E-state index in [-0.39, 0.29) is 24.5 Å². The summed E-state index contributed by atoms with van der Waals surface area (Å²) in [6.07, 6.45) is 1.53. The minimum atomic E-state index is -0.610. The third-order valence-corrected chi connectivity index (χ3v) is 7.86. The first-order valence-corrected chi connectivity index (χ1v) is 13.2. The molecule has 0 saturated heterocycles. The number of hydrogen-bond acceptors (Lipinski definition) is 6. The van der Waals surface area contributed by atoms with Crippen molar-refractivity contribution in [2.24, 2.45) is 0 Å². The van der Waals surface area contributed by atoms with Gasteiger partial charge in [0.2, 0.25) is 5.91 Å². The molecule has 0 bridgehead atoms. The molecule has 2 N–H and O–H groups in total. The van der Waals surface area contributed by atoms with Gasteiger partial charge in [0.1, 0.15) is 0 Å². The molecule has 1 heterocycles. The molecule has 0 saturated carbocycles. The van der Waals surface area contributed by atoms with E-state index < -0.39 is 6.10 Å². The largest absolute Gasteiger partial charge is 0.493 e. The van der Waals surface area contributed by atoms with E-state index in [4.69, 9.17) is 9.47 Å². The molecule has 38 heavy (non-hydrogen) atoms. The van der Waals surface area contributed by atoms with Crippen molar-refractivity contribution < 1.29 is 19.4 Å². The Balaban J connectivity index is 1.41. The highest BCUT2D eigenvalue weighted by Crippen LogP contribution is 2.40. The van der Waals surface area contributed by atoms with Gasteiger partial charge < -0.3 is 24.8 Å². The number of nitrogens with zero attached hydrogens (tertiary/aromatic N) is 2. The van der Waals surface area contributed by atoms with Gasteiger partial charge in [-0.15, -0.1) is 0 Å². The van der Waals surface area contributed by atoms with E-state index in [1.807, 2.05) is 38.4 Å². The van der Waals surface area contributed by atoms with Crippen molar-refractivity contribution in [1.82, 2.24) is 10.2 Å². The molecular formula is C31H37N3O4. The number of carbonyl (C=O) groups excluding carboxylic acids is 1. The first-order chi connectivity index (χ1) is 18.4. The van der Waals surface area contributed by atoms with Gasteiger partial charge in [-0.1, -0.05) is 36.4 Å². The summed E-state index contributed by atoms with van der Waals surface area (Å²) in [4.78, 5) is 17.7. The van der Waals surface area contributed by atoms with Crippen molar-refractivity contribution in [2.75, 3.05) is 46.3 Å². The highest BCUT2D eigenvalue weighted by Gasteiger charge is 2.34. The molecule has 3 unspecified atom stereocenters. The van der Waals surface area contributed by atoms with Crippen LogP contribution in [0.15, 0.2) is 60.7 Å². The Morgan fingerprint density at radius 1 is 1.00 bits per heavy atom. The smallest absolute Gasteiger partial charge is 0.234 e. The van der Waals surface area contributed by atoms with Crippen molar-refractivity contribution in [1.29, 1.82) is 0 Å². The zero-order chi connectivity index (χ0) is 26.8. The number of anilines is 1. The molecule has 0 spiro atoms. The highest BCUT2D eigenvalue weighted by atomic mass is 16.5. The predicted octanol–water partition coefficient (Wildman–Crippen LogP) is 3.69. The van der Waals surface area contributed by atoms with Gasteiger partial charge in [0.25, 0.3) is 0 Å². The molecule has 2 aliphatic rings. The molecule has 5 rings (SSSR count). The molecular weight excluding hydrogens is 478 g/mol. The second-order valence-corrected chi connectivity index (χ2v) is 10.4. The summed E-state index contributed by atoms with van der Waals surface area (Å²) in [7, 11) is 7.37. The quantitative estimate of drug-likeness (QED) is 0.477. The SMILES string of the molecule is COc1cc2c(cc1OC)C(Cc1ccc(N(C)C)cc1)N(CC(=O)NC1c3ccccc3CC1O)CC2. The van der Waals surface area contributed by atoms with Crippen LogP contribution in [0.5, 0.6) is 11.5 Å². The summed E-state index contributed by atoms with van der Waals surface area (Å²) < 4.78 is 11.2. The molecule has 0 aromatic heterocycles. The lowest BCUT2D eigenvalue weighted by Crippen LogP contribution is -2.45. The number of hydrogen-bond donors (Lipinski definition) is 2. The van der Waals surface area contributed by atoms with Crippen molar-refractivity contribution in [2.45, 2.75) is 37.5 Å². The highest BCUT2D eigenvalue weighted by molar-refractivity contribution is 5.79. The summed E-state index contributed by atoms with van der Waals surface area (Å²) in [5, 5.41) is 13.8. The average Bonchev–Trinajstić information content (AvgIpc) is 3.24. The molecule has 7 nitrogen and oxygen atoms in total. The number of nitrogens with one attached hydrogen (secondary N) is 1. The summed E-state index contributed by atoms with van der Waals surface area (Å²) in [6.45, 7) is 1.000. The first-order valence-electron chi connectivity index (χ1n) is 13.2. The topological polar surface area (TPSA) is 74.3 Å². The Hall–Kier alpha value is -3.55. The van der Waals surface area contributed by atoms with Crippen molar-refractivity contribution >= 4 is 11.6 Å². The van der Waals surface area contributed by atoms with Crippen LogP contribution < -0.4 is 19.7 Å². The lowest BCUT2D eigenvalue weighted by atomic mass is 9.88. The molecule has 0 radical (unpaired) electrons. The van der Waals surface area contributed by atoms with Crippen LogP contribution in [-0.4, -0.2) is 63.4 Å². The van der Waals surface area contributed by atoms with Crippen LogP contribution in [0.25, 0.3) is 0 Å². The molecule has 3 atom stereocenters. The standard InChI is InChI=1S/C31H37N3O4/c1-33(2)23-11-9-20(10-12-23)15-26-25-18-29(38-4)28(37-3)17-22(25)13-14-34(26)19-30(36)32-31-24-8-6-5-7-21(24)16-27(31)35/h5-12,17-18,26-27,31,35H,13-16,19H2,1-4H3,(H,32,36). The third kappa shape index (κ3) is 5.22. The van der Waals surface area contributed by atoms with Crippen molar-refractivity contribution in [3.63, 3.8) is 0 Å². The van der Waals surface area contributed by atoms with Gasteiger partial charge in [-0.05, 0) is 64.9 Å². The number of amides is 1. The number of fused-ring (bicyclic) bond motifs is 2. The van der Waals surface area contributed by atoms with E-state index in [1.165, 1.54) is 11.1 Å². The van der Waals surface area contributed by atoms with Crippen molar-refractivity contribution in [3.05, 3.63) is 88.5 Å². The summed E-state index contributed by atoms with van der Waals surface area (Å²) in [5.74, 6) is 1.33. The van der Waals surface area contributed by atoms with Gasteiger partial charge >= 0.3 is 0 Å². The van der Waals surface area contributed by atoms with E-state index in [0.29, 0.717) is 12.2 Å². The molecule has 3 aromatic rings. The fraction of sp³-hybridized carbons (Fsp3) is 0.387. The second kappa shape index (κ2) is 11.1. The van der Waals surface area contributed by atoms with Gasteiger partial charge in [0.15, 0.2) is 11.5 Å². The summed E-state index contributed by atoms with van der Waals surface area (Å²) >= 11 is 0. The van der Waals surface area contributed by atoms with E-state index >= 15 is 0 Å². The maximum absolute atomic E-state index is 13.4. The van der Waals surface area contributed by atoms with Crippen LogP contribution in [0.2, 0.25) is 0 Å². The Morgan fingerprint density at radius 3 is 2.42 bits per heavy atom. The number of rotatable bonds is 8. The van der Waals surface area contributed by atoms with E-state index in [0.717, 1.165) is 47.5 Å². The lowest BCUT2D eigenvalue weighted by Gasteiger charge is -2.38. The monoisotopic (exact) mass is 515 g/mol. The number of benzene rings is 3. The zero-order valence-electron chi connectivity index (χ0n) is 22.6. The minimum Gasteiger partial charge on any atom is -0.493 e. The maximum atomic E-state index is 13.4. The Kier molecular flexibility index (Phi) is 7.58. The molecule has 200 valence electrons. The van der Waals surface area contributed by atoms with Crippen LogP contribution in [0.4, 0.5) is 5.69 Å². The second-order valence-electron chi connectivity index (χ2n) is 10.4. The normalized spacial score (nSPS) is 20.4. The summed E-state index contributed by atoms with van der Waals surface area (Å²) in [6, 6.07) is 20.3. The van der Waals surface area contributed by atoms with Gasteiger partial charge in [-0.2, -0.15) is 0 Å². The van der Waals surface area contributed by atoms with E-state index in [1.54, 1.807) is 14.2 Å².